The zero-order chi connectivity index (χ0) is 18.9. The second-order valence-corrected chi connectivity index (χ2v) is 7.16. The highest BCUT2D eigenvalue weighted by Crippen LogP contribution is 2.37. The van der Waals surface area contributed by atoms with E-state index in [1.807, 2.05) is 49.4 Å². The molecule has 3 heteroatoms. The summed E-state index contributed by atoms with van der Waals surface area (Å²) in [5.74, 6) is 1.40. The van der Waals surface area contributed by atoms with Gasteiger partial charge in [0.25, 0.3) is 0 Å². The van der Waals surface area contributed by atoms with Crippen molar-refractivity contribution < 1.29 is 4.74 Å². The van der Waals surface area contributed by atoms with Crippen LogP contribution in [0.15, 0.2) is 70.2 Å². The van der Waals surface area contributed by atoms with Crippen LogP contribution in [0.1, 0.15) is 32.8 Å². The largest absolute Gasteiger partial charge is 0.493 e. The van der Waals surface area contributed by atoms with Crippen LogP contribution in [0.3, 0.4) is 0 Å². The smallest absolute Gasteiger partial charge is 0.127 e. The summed E-state index contributed by atoms with van der Waals surface area (Å²) in [5.41, 5.74) is 4.00. The molecule has 1 atom stereocenters. The molecule has 0 aromatic heterocycles. The van der Waals surface area contributed by atoms with E-state index in [4.69, 9.17) is 4.74 Å². The van der Waals surface area contributed by atoms with Gasteiger partial charge in [0.2, 0.25) is 0 Å². The van der Waals surface area contributed by atoms with Crippen molar-refractivity contribution in [3.63, 3.8) is 0 Å². The third-order valence-electron chi connectivity index (χ3n) is 4.27. The van der Waals surface area contributed by atoms with Gasteiger partial charge in [-0.3, -0.25) is 4.99 Å². The Labute approximate surface area is 165 Å². The Hall–Kier alpha value is -2.13. The maximum Gasteiger partial charge on any atom is 0.127 e. The Morgan fingerprint density at radius 1 is 1.23 bits per heavy atom. The second kappa shape index (κ2) is 10.1. The fraction of sp³-hybridized carbons (Fsp3) is 0.261. The molecule has 26 heavy (non-hydrogen) atoms. The summed E-state index contributed by atoms with van der Waals surface area (Å²) in [7, 11) is 0. The van der Waals surface area contributed by atoms with Crippen LogP contribution in [0.2, 0.25) is 0 Å². The molecule has 0 heterocycles. The monoisotopic (exact) mass is 411 g/mol. The molecule has 0 aliphatic carbocycles. The van der Waals surface area contributed by atoms with E-state index in [2.05, 4.69) is 59.7 Å². The second-order valence-electron chi connectivity index (χ2n) is 6.25. The van der Waals surface area contributed by atoms with Crippen LogP contribution in [0.4, 0.5) is 0 Å². The Morgan fingerprint density at radius 3 is 2.69 bits per heavy atom. The predicted octanol–water partition coefficient (Wildman–Crippen LogP) is 7.16. The van der Waals surface area contributed by atoms with Gasteiger partial charge in [0, 0.05) is 15.6 Å². The first-order valence-corrected chi connectivity index (χ1v) is 9.71. The molecule has 0 saturated carbocycles. The molecule has 0 aliphatic heterocycles. The number of allylic oxidation sites excluding steroid dienone is 3. The number of nitrogens with zero attached hydrogens (tertiary/aromatic N) is 1. The van der Waals surface area contributed by atoms with E-state index in [0.29, 0.717) is 12.5 Å². The van der Waals surface area contributed by atoms with E-state index < -0.39 is 0 Å². The SMILES string of the molecule is C=N/C(=C\C=C/C)c1ccccc1-c1cc(Br)ccc1OCC(C)CC. The zero-order valence-electron chi connectivity index (χ0n) is 15.7. The third-order valence-corrected chi connectivity index (χ3v) is 4.77. The van der Waals surface area contributed by atoms with Crippen LogP contribution in [-0.2, 0) is 0 Å². The van der Waals surface area contributed by atoms with Crippen LogP contribution in [0.5, 0.6) is 5.75 Å². The number of hydrogen-bond donors (Lipinski definition) is 0. The van der Waals surface area contributed by atoms with E-state index in [1.54, 1.807) is 0 Å². The molecule has 2 aromatic rings. The summed E-state index contributed by atoms with van der Waals surface area (Å²) in [5, 5.41) is 0. The van der Waals surface area contributed by atoms with Gasteiger partial charge in [0.15, 0.2) is 0 Å². The highest BCUT2D eigenvalue weighted by atomic mass is 79.9. The average molecular weight is 412 g/mol. The summed E-state index contributed by atoms with van der Waals surface area (Å²) < 4.78 is 7.17. The topological polar surface area (TPSA) is 21.6 Å². The summed E-state index contributed by atoms with van der Waals surface area (Å²) in [6.45, 7) is 10.8. The Bertz CT molecular complexity index is 808. The van der Waals surface area contributed by atoms with E-state index in [0.717, 1.165) is 39.0 Å². The highest BCUT2D eigenvalue weighted by molar-refractivity contribution is 9.10. The predicted molar refractivity (Wildman–Crippen MR) is 117 cm³/mol. The minimum absolute atomic E-state index is 0.515. The van der Waals surface area contributed by atoms with Crippen LogP contribution < -0.4 is 4.74 Å². The van der Waals surface area contributed by atoms with Gasteiger partial charge in [-0.25, -0.2) is 0 Å². The maximum atomic E-state index is 6.15. The van der Waals surface area contributed by atoms with Crippen molar-refractivity contribution in [1.82, 2.24) is 0 Å². The minimum atomic E-state index is 0.515. The van der Waals surface area contributed by atoms with Gasteiger partial charge in [-0.2, -0.15) is 0 Å². The Kier molecular flexibility index (Phi) is 7.86. The number of rotatable bonds is 8. The van der Waals surface area contributed by atoms with E-state index in [9.17, 15) is 0 Å². The number of hydrogen-bond acceptors (Lipinski definition) is 2. The number of aliphatic imine (C=N–C) groups is 1. The molecule has 0 aliphatic rings. The molecule has 2 rings (SSSR count). The fourth-order valence-electron chi connectivity index (χ4n) is 2.54. The van der Waals surface area contributed by atoms with Crippen molar-refractivity contribution in [2.75, 3.05) is 6.61 Å². The molecular formula is C23H26BrNO. The van der Waals surface area contributed by atoms with Crippen LogP contribution in [0, 0.1) is 5.92 Å². The van der Waals surface area contributed by atoms with Crippen LogP contribution in [0.25, 0.3) is 16.8 Å². The van der Waals surface area contributed by atoms with Crippen molar-refractivity contribution in [1.29, 1.82) is 0 Å². The number of benzene rings is 2. The molecule has 136 valence electrons. The van der Waals surface area contributed by atoms with Crippen molar-refractivity contribution in [3.8, 4) is 16.9 Å². The lowest BCUT2D eigenvalue weighted by atomic mass is 9.96. The van der Waals surface area contributed by atoms with Gasteiger partial charge in [-0.1, -0.05) is 72.6 Å². The Balaban J connectivity index is 2.54. The zero-order valence-corrected chi connectivity index (χ0v) is 17.3. The maximum absolute atomic E-state index is 6.15. The molecule has 0 fully saturated rings. The van der Waals surface area contributed by atoms with Gasteiger partial charge in [0.1, 0.15) is 5.75 Å². The van der Waals surface area contributed by atoms with E-state index >= 15 is 0 Å². The first kappa shape index (κ1) is 20.2. The number of halogens is 1. The lowest BCUT2D eigenvalue weighted by Gasteiger charge is -2.17. The molecule has 0 N–H and O–H groups in total. The van der Waals surface area contributed by atoms with Gasteiger partial charge >= 0.3 is 0 Å². The lowest BCUT2D eigenvalue weighted by molar-refractivity contribution is 0.257. The van der Waals surface area contributed by atoms with Crippen LogP contribution >= 0.6 is 15.9 Å². The van der Waals surface area contributed by atoms with Gasteiger partial charge in [-0.15, -0.1) is 0 Å². The summed E-state index contributed by atoms with van der Waals surface area (Å²) in [6.07, 6.45) is 7.03. The molecule has 0 amide bonds. The molecule has 0 bridgehead atoms. The summed E-state index contributed by atoms with van der Waals surface area (Å²) >= 11 is 3.59. The quantitative estimate of drug-likeness (QED) is 0.333. The average Bonchev–Trinajstić information content (AvgIpc) is 2.67. The van der Waals surface area contributed by atoms with E-state index in [-0.39, 0.29) is 0 Å². The first-order chi connectivity index (χ1) is 12.6. The Morgan fingerprint density at radius 2 is 2.00 bits per heavy atom. The molecule has 2 nitrogen and oxygen atoms in total. The number of ether oxygens (including phenoxy) is 1. The normalized spacial score (nSPS) is 13.0. The van der Waals surface area contributed by atoms with Crippen molar-refractivity contribution in [2.45, 2.75) is 27.2 Å². The molecule has 0 spiro atoms. The molecule has 2 aromatic carbocycles. The standard InChI is InChI=1S/C23H26BrNO/c1-5-7-12-22(25-4)20-11-9-8-10-19(20)21-15-18(24)13-14-23(21)26-16-17(3)6-2/h5,7-15,17H,4,6,16H2,1-3H3/b7-5-,22-12-. The molecule has 0 radical (unpaired) electrons. The summed E-state index contributed by atoms with van der Waals surface area (Å²) in [6, 6.07) is 14.4. The van der Waals surface area contributed by atoms with Gasteiger partial charge in [-0.05, 0) is 49.4 Å². The molecule has 0 saturated heterocycles. The first-order valence-electron chi connectivity index (χ1n) is 8.92. The van der Waals surface area contributed by atoms with Crippen molar-refractivity contribution in [2.24, 2.45) is 10.9 Å². The fourth-order valence-corrected chi connectivity index (χ4v) is 2.91. The van der Waals surface area contributed by atoms with Crippen molar-refractivity contribution in [3.05, 3.63) is 70.7 Å². The summed E-state index contributed by atoms with van der Waals surface area (Å²) in [4.78, 5) is 4.23. The molecular weight excluding hydrogens is 386 g/mol. The van der Waals surface area contributed by atoms with Gasteiger partial charge < -0.3 is 4.74 Å². The third kappa shape index (κ3) is 5.18. The van der Waals surface area contributed by atoms with Gasteiger partial charge in [0.05, 0.1) is 12.3 Å². The lowest BCUT2D eigenvalue weighted by Crippen LogP contribution is -2.08. The van der Waals surface area contributed by atoms with Crippen LogP contribution in [-0.4, -0.2) is 13.3 Å². The minimum Gasteiger partial charge on any atom is -0.493 e. The highest BCUT2D eigenvalue weighted by Gasteiger charge is 2.14. The van der Waals surface area contributed by atoms with E-state index in [1.165, 1.54) is 0 Å². The molecule has 1 unspecified atom stereocenters. The van der Waals surface area contributed by atoms with Crippen molar-refractivity contribution >= 4 is 28.3 Å².